The van der Waals surface area contributed by atoms with Gasteiger partial charge in [0.25, 0.3) is 0 Å². The molecule has 3 heteroatoms. The van der Waals surface area contributed by atoms with E-state index in [0.717, 1.165) is 24.0 Å². The first-order valence-corrected chi connectivity index (χ1v) is 9.27. The fraction of sp³-hybridized carbons (Fsp3) is 0.667. The van der Waals surface area contributed by atoms with Crippen LogP contribution in [0.25, 0.3) is 0 Å². The summed E-state index contributed by atoms with van der Waals surface area (Å²) in [6, 6.07) is 5.51. The number of unbranched alkanes of at least 4 members (excludes halogenated alkanes) is 5. The molecule has 0 aromatic heterocycles. The fourth-order valence-corrected chi connectivity index (χ4v) is 2.77. The minimum absolute atomic E-state index is 0.121. The van der Waals surface area contributed by atoms with Crippen LogP contribution in [0.4, 0.5) is 0 Å². The Labute approximate surface area is 147 Å². The number of phenolic OH excluding ortho intramolecular Hbond substituents is 1. The SMILES string of the molecule is CCCCCCCCOC(=O)C(C)c1ccc(C(C)(C)C)c(O)c1. The van der Waals surface area contributed by atoms with Crippen molar-refractivity contribution in [2.75, 3.05) is 6.61 Å². The molecule has 0 saturated carbocycles. The Kier molecular flexibility index (Phi) is 8.30. The first-order chi connectivity index (χ1) is 11.3. The van der Waals surface area contributed by atoms with Crippen LogP contribution in [0.15, 0.2) is 18.2 Å². The molecule has 0 aliphatic rings. The lowest BCUT2D eigenvalue weighted by Gasteiger charge is -2.21. The van der Waals surface area contributed by atoms with Gasteiger partial charge in [0.05, 0.1) is 12.5 Å². The van der Waals surface area contributed by atoms with E-state index in [-0.39, 0.29) is 23.1 Å². The van der Waals surface area contributed by atoms with Gasteiger partial charge in [-0.05, 0) is 36.0 Å². The number of hydrogen-bond acceptors (Lipinski definition) is 3. The van der Waals surface area contributed by atoms with E-state index in [9.17, 15) is 9.90 Å². The lowest BCUT2D eigenvalue weighted by molar-refractivity contribution is -0.145. The lowest BCUT2D eigenvalue weighted by atomic mass is 9.85. The van der Waals surface area contributed by atoms with E-state index < -0.39 is 0 Å². The van der Waals surface area contributed by atoms with Crippen LogP contribution >= 0.6 is 0 Å². The number of esters is 1. The second kappa shape index (κ2) is 9.71. The fourth-order valence-electron chi connectivity index (χ4n) is 2.77. The maximum Gasteiger partial charge on any atom is 0.313 e. The first-order valence-electron chi connectivity index (χ1n) is 9.27. The van der Waals surface area contributed by atoms with Crippen LogP contribution in [0.1, 0.15) is 90.2 Å². The molecular weight excluding hydrogens is 300 g/mol. The minimum atomic E-state index is -0.356. The quantitative estimate of drug-likeness (QED) is 0.465. The van der Waals surface area contributed by atoms with Crippen molar-refractivity contribution in [2.24, 2.45) is 0 Å². The first kappa shape index (κ1) is 20.5. The highest BCUT2D eigenvalue weighted by Crippen LogP contribution is 2.33. The number of phenols is 1. The van der Waals surface area contributed by atoms with Crippen LogP contribution < -0.4 is 0 Å². The molecule has 0 bridgehead atoms. The van der Waals surface area contributed by atoms with Gasteiger partial charge in [-0.3, -0.25) is 4.79 Å². The van der Waals surface area contributed by atoms with E-state index in [0.29, 0.717) is 6.61 Å². The summed E-state index contributed by atoms with van der Waals surface area (Å²) in [5.41, 5.74) is 1.57. The van der Waals surface area contributed by atoms with E-state index in [1.54, 1.807) is 6.07 Å². The minimum Gasteiger partial charge on any atom is -0.508 e. The van der Waals surface area contributed by atoms with Crippen molar-refractivity contribution in [3.63, 3.8) is 0 Å². The van der Waals surface area contributed by atoms with Crippen molar-refractivity contribution in [3.8, 4) is 5.75 Å². The second-order valence-corrected chi connectivity index (χ2v) is 7.68. The van der Waals surface area contributed by atoms with Crippen molar-refractivity contribution in [1.82, 2.24) is 0 Å². The molecule has 1 rings (SSSR count). The van der Waals surface area contributed by atoms with Crippen molar-refractivity contribution < 1.29 is 14.6 Å². The van der Waals surface area contributed by atoms with Gasteiger partial charge in [-0.15, -0.1) is 0 Å². The number of rotatable bonds is 9. The normalized spacial score (nSPS) is 12.9. The zero-order valence-electron chi connectivity index (χ0n) is 16.0. The standard InChI is InChI=1S/C21H34O3/c1-6-7-8-9-10-11-14-24-20(23)16(2)17-12-13-18(19(22)15-17)21(3,4)5/h12-13,15-16,22H,6-11,14H2,1-5H3. The Morgan fingerprint density at radius 2 is 1.75 bits per heavy atom. The Morgan fingerprint density at radius 3 is 2.33 bits per heavy atom. The average Bonchev–Trinajstić information content (AvgIpc) is 2.51. The summed E-state index contributed by atoms with van der Waals surface area (Å²) in [6.07, 6.45) is 7.04. The Balaban J connectivity index is 2.47. The molecule has 1 unspecified atom stereocenters. The molecule has 1 aromatic carbocycles. The number of carbonyl (C=O) groups is 1. The Hall–Kier alpha value is -1.51. The van der Waals surface area contributed by atoms with E-state index >= 15 is 0 Å². The van der Waals surface area contributed by atoms with Crippen LogP contribution in [0, 0.1) is 0 Å². The summed E-state index contributed by atoms with van der Waals surface area (Å²) in [5, 5.41) is 10.2. The molecule has 0 fully saturated rings. The maximum atomic E-state index is 12.2. The van der Waals surface area contributed by atoms with Gasteiger partial charge in [0.1, 0.15) is 5.75 Å². The highest BCUT2D eigenvalue weighted by atomic mass is 16.5. The van der Waals surface area contributed by atoms with E-state index in [2.05, 4.69) is 27.7 Å². The number of carbonyl (C=O) groups excluding carboxylic acids is 1. The van der Waals surface area contributed by atoms with Gasteiger partial charge < -0.3 is 9.84 Å². The molecule has 0 aliphatic heterocycles. The molecule has 24 heavy (non-hydrogen) atoms. The zero-order chi connectivity index (χ0) is 18.2. The third kappa shape index (κ3) is 6.54. The summed E-state index contributed by atoms with van der Waals surface area (Å²) in [5.74, 6) is -0.327. The predicted octanol–water partition coefficient (Wildman–Crippen LogP) is 5.70. The molecule has 136 valence electrons. The van der Waals surface area contributed by atoms with Gasteiger partial charge in [0, 0.05) is 0 Å². The monoisotopic (exact) mass is 334 g/mol. The molecule has 0 spiro atoms. The highest BCUT2D eigenvalue weighted by Gasteiger charge is 2.22. The summed E-state index contributed by atoms with van der Waals surface area (Å²) in [4.78, 5) is 12.2. The molecule has 0 heterocycles. The van der Waals surface area contributed by atoms with Crippen LogP contribution in [0.3, 0.4) is 0 Å². The lowest BCUT2D eigenvalue weighted by Crippen LogP contribution is -2.15. The molecular formula is C21H34O3. The number of ether oxygens (including phenoxy) is 1. The van der Waals surface area contributed by atoms with Crippen LogP contribution in [0.5, 0.6) is 5.75 Å². The van der Waals surface area contributed by atoms with Crippen molar-refractivity contribution in [1.29, 1.82) is 0 Å². The maximum absolute atomic E-state index is 12.2. The topological polar surface area (TPSA) is 46.5 Å². The van der Waals surface area contributed by atoms with Crippen molar-refractivity contribution >= 4 is 5.97 Å². The van der Waals surface area contributed by atoms with Crippen LogP contribution in [-0.4, -0.2) is 17.7 Å². The highest BCUT2D eigenvalue weighted by molar-refractivity contribution is 5.77. The number of hydrogen-bond donors (Lipinski definition) is 1. The zero-order valence-corrected chi connectivity index (χ0v) is 16.0. The molecule has 1 aromatic rings. The molecule has 3 nitrogen and oxygen atoms in total. The summed E-state index contributed by atoms with van der Waals surface area (Å²) >= 11 is 0. The van der Waals surface area contributed by atoms with Gasteiger partial charge in [0.15, 0.2) is 0 Å². The number of benzene rings is 1. The molecule has 0 saturated heterocycles. The van der Waals surface area contributed by atoms with Gasteiger partial charge in [-0.25, -0.2) is 0 Å². The Morgan fingerprint density at radius 1 is 1.12 bits per heavy atom. The molecule has 0 aliphatic carbocycles. The van der Waals surface area contributed by atoms with Crippen LogP contribution in [-0.2, 0) is 14.9 Å². The van der Waals surface area contributed by atoms with Crippen molar-refractivity contribution in [3.05, 3.63) is 29.3 Å². The van der Waals surface area contributed by atoms with Crippen molar-refractivity contribution in [2.45, 2.75) is 84.5 Å². The number of aromatic hydroxyl groups is 1. The predicted molar refractivity (Wildman–Crippen MR) is 99.6 cm³/mol. The van der Waals surface area contributed by atoms with E-state index in [4.69, 9.17) is 4.74 Å². The van der Waals surface area contributed by atoms with Gasteiger partial charge in [-0.1, -0.05) is 71.9 Å². The molecule has 1 N–H and O–H groups in total. The third-order valence-electron chi connectivity index (χ3n) is 4.43. The molecule has 0 radical (unpaired) electrons. The molecule has 1 atom stereocenters. The van der Waals surface area contributed by atoms with Gasteiger partial charge >= 0.3 is 5.97 Å². The Bertz CT molecular complexity index is 514. The summed E-state index contributed by atoms with van der Waals surface area (Å²) in [6.45, 7) is 10.7. The smallest absolute Gasteiger partial charge is 0.313 e. The summed E-state index contributed by atoms with van der Waals surface area (Å²) in [7, 11) is 0. The van der Waals surface area contributed by atoms with Gasteiger partial charge in [-0.2, -0.15) is 0 Å². The van der Waals surface area contributed by atoms with Crippen LogP contribution in [0.2, 0.25) is 0 Å². The second-order valence-electron chi connectivity index (χ2n) is 7.68. The summed E-state index contributed by atoms with van der Waals surface area (Å²) < 4.78 is 5.38. The van der Waals surface area contributed by atoms with E-state index in [1.165, 1.54) is 25.7 Å². The third-order valence-corrected chi connectivity index (χ3v) is 4.43. The largest absolute Gasteiger partial charge is 0.508 e. The van der Waals surface area contributed by atoms with E-state index in [1.807, 2.05) is 19.1 Å². The average molecular weight is 335 g/mol. The van der Waals surface area contributed by atoms with Gasteiger partial charge in [0.2, 0.25) is 0 Å². The molecule has 0 amide bonds.